The van der Waals surface area contributed by atoms with Crippen LogP contribution in [0.1, 0.15) is 24.5 Å². The Morgan fingerprint density at radius 2 is 1.81 bits per heavy atom. The Labute approximate surface area is 134 Å². The SMILES string of the molecule is C[C@H](CCc1ccccc1)NC(=O)Cc1cccc(Br)c1. The van der Waals surface area contributed by atoms with Gasteiger partial charge < -0.3 is 5.32 Å². The largest absolute Gasteiger partial charge is 0.353 e. The first kappa shape index (κ1) is 15.8. The highest BCUT2D eigenvalue weighted by atomic mass is 79.9. The van der Waals surface area contributed by atoms with E-state index in [0.717, 1.165) is 22.9 Å². The van der Waals surface area contributed by atoms with E-state index in [4.69, 9.17) is 0 Å². The van der Waals surface area contributed by atoms with Crippen molar-refractivity contribution in [3.8, 4) is 0 Å². The zero-order valence-corrected chi connectivity index (χ0v) is 13.8. The van der Waals surface area contributed by atoms with Crippen LogP contribution in [0.2, 0.25) is 0 Å². The number of benzene rings is 2. The number of amides is 1. The Morgan fingerprint density at radius 1 is 1.10 bits per heavy atom. The molecule has 0 saturated heterocycles. The molecular formula is C18H20BrNO. The van der Waals surface area contributed by atoms with Gasteiger partial charge in [0.25, 0.3) is 0 Å². The van der Waals surface area contributed by atoms with Crippen LogP contribution in [0.3, 0.4) is 0 Å². The molecule has 0 unspecified atom stereocenters. The van der Waals surface area contributed by atoms with Gasteiger partial charge in [-0.1, -0.05) is 58.4 Å². The van der Waals surface area contributed by atoms with Crippen LogP contribution >= 0.6 is 15.9 Å². The van der Waals surface area contributed by atoms with Gasteiger partial charge in [0.1, 0.15) is 0 Å². The summed E-state index contributed by atoms with van der Waals surface area (Å²) in [4.78, 5) is 12.0. The molecule has 2 aromatic carbocycles. The first-order valence-corrected chi connectivity index (χ1v) is 8.00. The number of nitrogens with one attached hydrogen (secondary N) is 1. The van der Waals surface area contributed by atoms with E-state index in [2.05, 4.69) is 40.3 Å². The van der Waals surface area contributed by atoms with Gasteiger partial charge in [-0.3, -0.25) is 4.79 Å². The Balaban J connectivity index is 1.77. The Morgan fingerprint density at radius 3 is 2.52 bits per heavy atom. The van der Waals surface area contributed by atoms with Crippen LogP contribution in [-0.2, 0) is 17.6 Å². The lowest BCUT2D eigenvalue weighted by molar-refractivity contribution is -0.121. The summed E-state index contributed by atoms with van der Waals surface area (Å²) in [5.41, 5.74) is 2.34. The maximum atomic E-state index is 12.0. The highest BCUT2D eigenvalue weighted by Crippen LogP contribution is 2.12. The minimum absolute atomic E-state index is 0.0775. The fraction of sp³-hybridized carbons (Fsp3) is 0.278. The molecule has 2 nitrogen and oxygen atoms in total. The van der Waals surface area contributed by atoms with Gasteiger partial charge in [0.15, 0.2) is 0 Å². The van der Waals surface area contributed by atoms with Crippen LogP contribution in [0.15, 0.2) is 59.1 Å². The molecule has 0 aliphatic carbocycles. The van der Waals surface area contributed by atoms with Crippen LogP contribution in [0.5, 0.6) is 0 Å². The van der Waals surface area contributed by atoms with Crippen molar-refractivity contribution in [1.29, 1.82) is 0 Å². The van der Waals surface area contributed by atoms with Gasteiger partial charge in [0.05, 0.1) is 6.42 Å². The van der Waals surface area contributed by atoms with Gasteiger partial charge >= 0.3 is 0 Å². The fourth-order valence-electron chi connectivity index (χ4n) is 2.26. The number of hydrogen-bond donors (Lipinski definition) is 1. The smallest absolute Gasteiger partial charge is 0.224 e. The van der Waals surface area contributed by atoms with Crippen molar-refractivity contribution >= 4 is 21.8 Å². The molecule has 1 amide bonds. The highest BCUT2D eigenvalue weighted by Gasteiger charge is 2.08. The lowest BCUT2D eigenvalue weighted by Gasteiger charge is -2.14. The number of rotatable bonds is 6. The van der Waals surface area contributed by atoms with E-state index in [1.54, 1.807) is 0 Å². The maximum absolute atomic E-state index is 12.0. The average molecular weight is 346 g/mol. The van der Waals surface area contributed by atoms with Gasteiger partial charge in [-0.25, -0.2) is 0 Å². The second-order valence-corrected chi connectivity index (χ2v) is 6.22. The third-order valence-electron chi connectivity index (χ3n) is 3.37. The van der Waals surface area contributed by atoms with E-state index >= 15 is 0 Å². The molecule has 0 bridgehead atoms. The summed E-state index contributed by atoms with van der Waals surface area (Å²) in [6.07, 6.45) is 2.36. The van der Waals surface area contributed by atoms with Crippen molar-refractivity contribution < 1.29 is 4.79 Å². The predicted octanol–water partition coefficient (Wildman–Crippen LogP) is 4.13. The zero-order valence-electron chi connectivity index (χ0n) is 12.2. The van der Waals surface area contributed by atoms with Gasteiger partial charge in [-0.15, -0.1) is 0 Å². The molecule has 0 saturated carbocycles. The van der Waals surface area contributed by atoms with Crippen molar-refractivity contribution in [2.45, 2.75) is 32.2 Å². The second kappa shape index (κ2) is 7.99. The summed E-state index contributed by atoms with van der Waals surface area (Å²) in [6.45, 7) is 2.06. The topological polar surface area (TPSA) is 29.1 Å². The molecule has 2 rings (SSSR count). The maximum Gasteiger partial charge on any atom is 0.224 e. The normalized spacial score (nSPS) is 11.9. The van der Waals surface area contributed by atoms with E-state index in [0.29, 0.717) is 6.42 Å². The number of carbonyl (C=O) groups excluding carboxylic acids is 1. The molecule has 0 aliphatic rings. The third kappa shape index (κ3) is 5.72. The fourth-order valence-corrected chi connectivity index (χ4v) is 2.70. The van der Waals surface area contributed by atoms with Crippen molar-refractivity contribution in [3.05, 3.63) is 70.2 Å². The molecule has 1 atom stereocenters. The summed E-state index contributed by atoms with van der Waals surface area (Å²) < 4.78 is 1.00. The van der Waals surface area contributed by atoms with Crippen LogP contribution < -0.4 is 5.32 Å². The summed E-state index contributed by atoms with van der Waals surface area (Å²) >= 11 is 3.42. The van der Waals surface area contributed by atoms with E-state index < -0.39 is 0 Å². The van der Waals surface area contributed by atoms with Crippen molar-refractivity contribution in [2.75, 3.05) is 0 Å². The first-order valence-electron chi connectivity index (χ1n) is 7.21. The van der Waals surface area contributed by atoms with Crippen molar-refractivity contribution in [1.82, 2.24) is 5.32 Å². The quantitative estimate of drug-likeness (QED) is 0.837. The van der Waals surface area contributed by atoms with E-state index in [-0.39, 0.29) is 11.9 Å². The minimum Gasteiger partial charge on any atom is -0.353 e. The van der Waals surface area contributed by atoms with E-state index in [9.17, 15) is 4.79 Å². The van der Waals surface area contributed by atoms with E-state index in [1.165, 1.54) is 5.56 Å². The summed E-state index contributed by atoms with van der Waals surface area (Å²) in [6, 6.07) is 18.4. The molecule has 0 aliphatic heterocycles. The molecule has 0 aromatic heterocycles. The molecule has 2 aromatic rings. The number of carbonyl (C=O) groups is 1. The monoisotopic (exact) mass is 345 g/mol. The van der Waals surface area contributed by atoms with Crippen molar-refractivity contribution in [2.24, 2.45) is 0 Å². The molecule has 3 heteroatoms. The van der Waals surface area contributed by atoms with Crippen LogP contribution in [-0.4, -0.2) is 11.9 Å². The van der Waals surface area contributed by atoms with Crippen LogP contribution in [0.4, 0.5) is 0 Å². The molecular weight excluding hydrogens is 326 g/mol. The van der Waals surface area contributed by atoms with Gasteiger partial charge in [-0.05, 0) is 43.0 Å². The zero-order chi connectivity index (χ0) is 15.1. The molecule has 0 radical (unpaired) electrons. The second-order valence-electron chi connectivity index (χ2n) is 5.30. The van der Waals surface area contributed by atoms with Crippen LogP contribution in [0, 0.1) is 0 Å². The minimum atomic E-state index is 0.0775. The van der Waals surface area contributed by atoms with Gasteiger partial charge in [0, 0.05) is 10.5 Å². The number of hydrogen-bond acceptors (Lipinski definition) is 1. The molecule has 110 valence electrons. The predicted molar refractivity (Wildman–Crippen MR) is 90.2 cm³/mol. The summed E-state index contributed by atoms with van der Waals surface area (Å²) in [5, 5.41) is 3.06. The van der Waals surface area contributed by atoms with Crippen LogP contribution in [0.25, 0.3) is 0 Å². The lowest BCUT2D eigenvalue weighted by Crippen LogP contribution is -2.34. The number of halogens is 1. The average Bonchev–Trinajstić information content (AvgIpc) is 2.46. The Bertz CT molecular complexity index is 583. The van der Waals surface area contributed by atoms with Gasteiger partial charge in [0.2, 0.25) is 5.91 Å². The van der Waals surface area contributed by atoms with Gasteiger partial charge in [-0.2, -0.15) is 0 Å². The van der Waals surface area contributed by atoms with Crippen molar-refractivity contribution in [3.63, 3.8) is 0 Å². The third-order valence-corrected chi connectivity index (χ3v) is 3.86. The summed E-state index contributed by atoms with van der Waals surface area (Å²) in [7, 11) is 0. The molecule has 0 spiro atoms. The Kier molecular flexibility index (Phi) is 6.00. The molecule has 0 heterocycles. The first-order chi connectivity index (χ1) is 10.1. The number of aryl methyl sites for hydroxylation is 1. The highest BCUT2D eigenvalue weighted by molar-refractivity contribution is 9.10. The summed E-state index contributed by atoms with van der Waals surface area (Å²) in [5.74, 6) is 0.0775. The molecule has 1 N–H and O–H groups in total. The standard InChI is InChI=1S/C18H20BrNO/c1-14(10-11-15-6-3-2-4-7-15)20-18(21)13-16-8-5-9-17(19)12-16/h2-9,12,14H,10-11,13H2,1H3,(H,20,21)/t14-/m1/s1. The molecule has 0 fully saturated rings. The molecule has 21 heavy (non-hydrogen) atoms. The lowest BCUT2D eigenvalue weighted by atomic mass is 10.1. The Hall–Kier alpha value is -1.61. The van der Waals surface area contributed by atoms with E-state index in [1.807, 2.05) is 42.5 Å².